The number of hydrogen-bond donors (Lipinski definition) is 1. The molecule has 0 aliphatic rings. The highest BCUT2D eigenvalue weighted by molar-refractivity contribution is 7.13. The van der Waals surface area contributed by atoms with Crippen molar-refractivity contribution in [2.24, 2.45) is 5.73 Å². The molecule has 7 heteroatoms. The topological polar surface area (TPSA) is 86.2 Å². The Labute approximate surface area is 135 Å². The van der Waals surface area contributed by atoms with Gasteiger partial charge in [0, 0.05) is 18.0 Å². The van der Waals surface area contributed by atoms with Crippen LogP contribution < -0.4 is 5.73 Å². The molecule has 4 aromatic rings. The first-order chi connectivity index (χ1) is 11.2. The van der Waals surface area contributed by atoms with E-state index in [9.17, 15) is 4.79 Å². The van der Waals surface area contributed by atoms with Crippen molar-refractivity contribution in [1.29, 1.82) is 0 Å². The molecule has 2 N–H and O–H groups in total. The van der Waals surface area contributed by atoms with Gasteiger partial charge in [0.2, 0.25) is 5.91 Å². The van der Waals surface area contributed by atoms with E-state index in [2.05, 4.69) is 15.1 Å². The number of hydrogen-bond acceptors (Lipinski definition) is 5. The highest BCUT2D eigenvalue weighted by Crippen LogP contribution is 2.26. The maximum Gasteiger partial charge on any atom is 0.248 e. The molecule has 0 fully saturated rings. The van der Waals surface area contributed by atoms with E-state index < -0.39 is 5.91 Å². The van der Waals surface area contributed by atoms with E-state index in [1.54, 1.807) is 40.4 Å². The number of thiophene rings is 1. The summed E-state index contributed by atoms with van der Waals surface area (Å²) in [6, 6.07) is 9.16. The van der Waals surface area contributed by atoms with Crippen LogP contribution >= 0.6 is 11.3 Å². The van der Waals surface area contributed by atoms with Crippen LogP contribution in [0.5, 0.6) is 0 Å². The maximum atomic E-state index is 11.4. The second kappa shape index (κ2) is 5.29. The van der Waals surface area contributed by atoms with E-state index in [1.807, 2.05) is 29.8 Å². The fraction of sp³-hybridized carbons (Fsp3) is 0. The fourth-order valence-corrected chi connectivity index (χ4v) is 3.04. The molecular formula is C16H11N5OS. The van der Waals surface area contributed by atoms with Gasteiger partial charge in [-0.2, -0.15) is 5.10 Å². The van der Waals surface area contributed by atoms with Crippen molar-refractivity contribution < 1.29 is 4.79 Å². The standard InChI is InChI=1S/C16H11N5OS/c17-15(22)10-3-5-18-13(8-10)11-9-19-21-6-4-12(20-16(11)21)14-2-1-7-23-14/h1-9H,(H2,17,22). The number of nitrogens with two attached hydrogens (primary N) is 1. The lowest BCUT2D eigenvalue weighted by Gasteiger charge is -2.02. The van der Waals surface area contributed by atoms with Crippen molar-refractivity contribution in [3.63, 3.8) is 0 Å². The lowest BCUT2D eigenvalue weighted by atomic mass is 10.1. The van der Waals surface area contributed by atoms with Gasteiger partial charge in [-0.15, -0.1) is 11.3 Å². The fourth-order valence-electron chi connectivity index (χ4n) is 2.34. The number of primary amides is 1. The van der Waals surface area contributed by atoms with Crippen LogP contribution in [-0.2, 0) is 0 Å². The number of aromatic nitrogens is 4. The highest BCUT2D eigenvalue weighted by atomic mass is 32.1. The van der Waals surface area contributed by atoms with Crippen LogP contribution in [0, 0.1) is 0 Å². The number of carbonyl (C=O) groups is 1. The van der Waals surface area contributed by atoms with Gasteiger partial charge in [0.05, 0.1) is 28.0 Å². The Balaban J connectivity index is 1.89. The van der Waals surface area contributed by atoms with Crippen LogP contribution in [0.25, 0.3) is 27.5 Å². The van der Waals surface area contributed by atoms with Crippen molar-refractivity contribution in [3.05, 3.63) is 59.9 Å². The van der Waals surface area contributed by atoms with Crippen molar-refractivity contribution in [2.75, 3.05) is 0 Å². The van der Waals surface area contributed by atoms with E-state index in [-0.39, 0.29) is 0 Å². The molecule has 0 atom stereocenters. The predicted octanol–water partition coefficient (Wildman–Crippen LogP) is 2.62. The third-order valence-electron chi connectivity index (χ3n) is 3.46. The first-order valence-corrected chi connectivity index (χ1v) is 7.75. The summed E-state index contributed by atoms with van der Waals surface area (Å²) in [7, 11) is 0. The van der Waals surface area contributed by atoms with Crippen LogP contribution in [0.1, 0.15) is 10.4 Å². The van der Waals surface area contributed by atoms with E-state index >= 15 is 0 Å². The molecule has 112 valence electrons. The number of carbonyl (C=O) groups excluding carboxylic acids is 1. The minimum Gasteiger partial charge on any atom is -0.366 e. The molecule has 0 unspecified atom stereocenters. The maximum absolute atomic E-state index is 11.4. The molecule has 6 nitrogen and oxygen atoms in total. The van der Waals surface area contributed by atoms with Gasteiger partial charge in [0.15, 0.2) is 5.65 Å². The average Bonchev–Trinajstić information content (AvgIpc) is 3.24. The molecule has 0 aliphatic carbocycles. The molecule has 4 rings (SSSR count). The largest absolute Gasteiger partial charge is 0.366 e. The molecule has 0 radical (unpaired) electrons. The third kappa shape index (κ3) is 2.36. The molecule has 4 aromatic heterocycles. The van der Waals surface area contributed by atoms with Crippen molar-refractivity contribution in [3.8, 4) is 21.8 Å². The monoisotopic (exact) mass is 321 g/mol. The lowest BCUT2D eigenvalue weighted by Crippen LogP contribution is -2.10. The van der Waals surface area contributed by atoms with Crippen LogP contribution in [0.3, 0.4) is 0 Å². The number of fused-ring (bicyclic) bond motifs is 1. The number of nitrogens with zero attached hydrogens (tertiary/aromatic N) is 4. The van der Waals surface area contributed by atoms with E-state index in [0.29, 0.717) is 16.9 Å². The highest BCUT2D eigenvalue weighted by Gasteiger charge is 2.12. The Kier molecular flexibility index (Phi) is 3.13. The van der Waals surface area contributed by atoms with Crippen LogP contribution in [0.2, 0.25) is 0 Å². The summed E-state index contributed by atoms with van der Waals surface area (Å²) in [4.78, 5) is 21.4. The Morgan fingerprint density at radius 3 is 2.91 bits per heavy atom. The van der Waals surface area contributed by atoms with Crippen molar-refractivity contribution in [2.45, 2.75) is 0 Å². The molecule has 0 bridgehead atoms. The zero-order chi connectivity index (χ0) is 15.8. The smallest absolute Gasteiger partial charge is 0.248 e. The summed E-state index contributed by atoms with van der Waals surface area (Å²) < 4.78 is 1.69. The molecule has 1 amide bonds. The SMILES string of the molecule is NC(=O)c1ccnc(-c2cnn3ccc(-c4cccs4)nc23)c1. The quantitative estimate of drug-likeness (QED) is 0.628. The van der Waals surface area contributed by atoms with Gasteiger partial charge in [0.25, 0.3) is 0 Å². The zero-order valence-corrected chi connectivity index (χ0v) is 12.7. The third-order valence-corrected chi connectivity index (χ3v) is 4.36. The van der Waals surface area contributed by atoms with Gasteiger partial charge in [-0.1, -0.05) is 6.07 Å². The molecule has 0 spiro atoms. The van der Waals surface area contributed by atoms with Crippen LogP contribution in [0.15, 0.2) is 54.3 Å². The number of rotatable bonds is 3. The minimum atomic E-state index is -0.489. The van der Waals surface area contributed by atoms with E-state index in [4.69, 9.17) is 5.73 Å². The average molecular weight is 321 g/mol. The summed E-state index contributed by atoms with van der Waals surface area (Å²) in [5.41, 5.74) is 8.68. The van der Waals surface area contributed by atoms with Crippen molar-refractivity contribution in [1.82, 2.24) is 19.6 Å². The zero-order valence-electron chi connectivity index (χ0n) is 11.9. The second-order valence-electron chi connectivity index (χ2n) is 4.91. The Hall–Kier alpha value is -3.06. The summed E-state index contributed by atoms with van der Waals surface area (Å²) in [6.45, 7) is 0. The van der Waals surface area contributed by atoms with Gasteiger partial charge >= 0.3 is 0 Å². The van der Waals surface area contributed by atoms with Gasteiger partial charge in [-0.3, -0.25) is 9.78 Å². The minimum absolute atomic E-state index is 0.406. The van der Waals surface area contributed by atoms with E-state index in [0.717, 1.165) is 16.1 Å². The molecule has 0 aliphatic heterocycles. The molecule has 0 saturated carbocycles. The lowest BCUT2D eigenvalue weighted by molar-refractivity contribution is 0.1000. The summed E-state index contributed by atoms with van der Waals surface area (Å²) in [5, 5.41) is 6.30. The Morgan fingerprint density at radius 2 is 2.13 bits per heavy atom. The van der Waals surface area contributed by atoms with E-state index in [1.165, 1.54) is 0 Å². The number of pyridine rings is 1. The number of amides is 1. The first-order valence-electron chi connectivity index (χ1n) is 6.87. The van der Waals surface area contributed by atoms with Gasteiger partial charge in [-0.25, -0.2) is 9.50 Å². The molecule has 23 heavy (non-hydrogen) atoms. The first kappa shape index (κ1) is 13.6. The summed E-state index contributed by atoms with van der Waals surface area (Å²) in [6.07, 6.45) is 5.11. The molecule has 0 saturated heterocycles. The summed E-state index contributed by atoms with van der Waals surface area (Å²) in [5.74, 6) is -0.489. The second-order valence-corrected chi connectivity index (χ2v) is 5.86. The summed E-state index contributed by atoms with van der Waals surface area (Å²) >= 11 is 1.63. The molecule has 0 aromatic carbocycles. The molecular weight excluding hydrogens is 310 g/mol. The van der Waals surface area contributed by atoms with Gasteiger partial charge < -0.3 is 5.73 Å². The van der Waals surface area contributed by atoms with Crippen LogP contribution in [-0.4, -0.2) is 25.5 Å². The van der Waals surface area contributed by atoms with Crippen LogP contribution in [0.4, 0.5) is 0 Å². The molecule has 4 heterocycles. The normalized spacial score (nSPS) is 11.0. The Bertz CT molecular complexity index is 1010. The van der Waals surface area contributed by atoms with Gasteiger partial charge in [-0.05, 0) is 29.6 Å². The Morgan fingerprint density at radius 1 is 1.22 bits per heavy atom. The predicted molar refractivity (Wildman–Crippen MR) is 88.0 cm³/mol. The van der Waals surface area contributed by atoms with Gasteiger partial charge in [0.1, 0.15) is 0 Å². The van der Waals surface area contributed by atoms with Crippen molar-refractivity contribution >= 4 is 22.9 Å².